The Morgan fingerprint density at radius 3 is 1.90 bits per heavy atom. The molecule has 10 heteroatoms. The summed E-state index contributed by atoms with van der Waals surface area (Å²) in [7, 11) is -5.08. The van der Waals surface area contributed by atoms with Crippen molar-refractivity contribution < 1.29 is 23.2 Å². The zero-order valence-electron chi connectivity index (χ0n) is 14.3. The van der Waals surface area contributed by atoms with Gasteiger partial charge < -0.3 is 10.2 Å². The molecule has 0 aliphatic carbocycles. The van der Waals surface area contributed by atoms with Crippen LogP contribution in [0.15, 0.2) is 54.6 Å². The molecule has 0 radical (unpaired) electrons. The van der Waals surface area contributed by atoms with Crippen molar-refractivity contribution in [2.45, 2.75) is 4.75 Å². The molecular formula is C19H12Cl4O5S. The number of rotatable bonds is 4. The summed E-state index contributed by atoms with van der Waals surface area (Å²) in [5.41, 5.74) is -0.444. The maximum absolute atomic E-state index is 13.0. The lowest BCUT2D eigenvalue weighted by Crippen LogP contribution is -2.39. The highest BCUT2D eigenvalue weighted by Crippen LogP contribution is 2.52. The van der Waals surface area contributed by atoms with Crippen molar-refractivity contribution in [2.24, 2.45) is 0 Å². The van der Waals surface area contributed by atoms with Crippen LogP contribution in [0.3, 0.4) is 0 Å². The van der Waals surface area contributed by atoms with Gasteiger partial charge >= 0.3 is 0 Å². The first kappa shape index (κ1) is 22.0. The summed E-state index contributed by atoms with van der Waals surface area (Å²) in [5.74, 6) is -0.564. The molecule has 1 atom stereocenters. The molecule has 0 spiro atoms. The molecular weight excluding hydrogens is 482 g/mol. The summed E-state index contributed by atoms with van der Waals surface area (Å²) in [6.45, 7) is 0. The largest absolute Gasteiger partial charge is 0.508 e. The predicted molar refractivity (Wildman–Crippen MR) is 114 cm³/mol. The van der Waals surface area contributed by atoms with Crippen molar-refractivity contribution in [3.05, 3.63) is 91.4 Å². The molecule has 3 aromatic rings. The standard InChI is InChI=1S/C19H12Cl4O5S/c20-11-8-14(21)17(15(22)9-11)19(29(26,27)28,10-4-6-12(24)7-5-10)13-2-1-3-16(25)18(13)23/h1-9,24-25H,(H,26,27,28). The van der Waals surface area contributed by atoms with E-state index in [1.165, 1.54) is 54.6 Å². The number of halogens is 4. The Morgan fingerprint density at radius 1 is 0.828 bits per heavy atom. The molecule has 3 rings (SSSR count). The molecule has 0 amide bonds. The maximum atomic E-state index is 13.0. The van der Waals surface area contributed by atoms with Gasteiger partial charge in [-0.25, -0.2) is 0 Å². The molecule has 5 nitrogen and oxygen atoms in total. The third-order valence-electron chi connectivity index (χ3n) is 4.38. The maximum Gasteiger partial charge on any atom is 0.283 e. The fourth-order valence-electron chi connectivity index (χ4n) is 3.22. The van der Waals surface area contributed by atoms with Crippen LogP contribution in [0.4, 0.5) is 0 Å². The quantitative estimate of drug-likeness (QED) is 0.311. The molecule has 0 saturated carbocycles. The molecule has 0 bridgehead atoms. The lowest BCUT2D eigenvalue weighted by molar-refractivity contribution is 0.455. The second-order valence-corrected chi connectivity index (χ2v) is 9.28. The van der Waals surface area contributed by atoms with Crippen LogP contribution < -0.4 is 0 Å². The molecule has 0 aliphatic rings. The smallest absolute Gasteiger partial charge is 0.283 e. The van der Waals surface area contributed by atoms with Gasteiger partial charge in [0.05, 0.1) is 5.02 Å². The van der Waals surface area contributed by atoms with Gasteiger partial charge in [0.1, 0.15) is 11.5 Å². The van der Waals surface area contributed by atoms with Crippen LogP contribution in [-0.4, -0.2) is 23.2 Å². The van der Waals surface area contributed by atoms with Crippen molar-refractivity contribution in [2.75, 3.05) is 0 Å². The lowest BCUT2D eigenvalue weighted by atomic mass is 9.83. The Hall–Kier alpha value is -1.67. The number of phenols is 2. The number of aromatic hydroxyl groups is 2. The first-order chi connectivity index (χ1) is 13.5. The monoisotopic (exact) mass is 492 g/mol. The predicted octanol–water partition coefficient (Wildman–Crippen LogP) is 5.89. The van der Waals surface area contributed by atoms with E-state index in [1.807, 2.05) is 0 Å². The van der Waals surface area contributed by atoms with Gasteiger partial charge in [-0.3, -0.25) is 4.55 Å². The van der Waals surface area contributed by atoms with Crippen LogP contribution in [0.2, 0.25) is 20.1 Å². The van der Waals surface area contributed by atoms with Crippen molar-refractivity contribution in [1.29, 1.82) is 0 Å². The minimum Gasteiger partial charge on any atom is -0.508 e. The fourth-order valence-corrected chi connectivity index (χ4v) is 6.11. The molecule has 3 aromatic carbocycles. The number of hydrogen-bond acceptors (Lipinski definition) is 4. The molecule has 0 aliphatic heterocycles. The minimum atomic E-state index is -5.08. The van der Waals surface area contributed by atoms with Crippen LogP contribution in [0.1, 0.15) is 16.7 Å². The third-order valence-corrected chi connectivity index (χ3v) is 7.02. The Morgan fingerprint density at radius 2 is 1.38 bits per heavy atom. The summed E-state index contributed by atoms with van der Waals surface area (Å²) in [4.78, 5) is 0. The van der Waals surface area contributed by atoms with Crippen LogP contribution in [0, 0.1) is 0 Å². The van der Waals surface area contributed by atoms with E-state index in [0.717, 1.165) is 0 Å². The van der Waals surface area contributed by atoms with E-state index in [1.54, 1.807) is 0 Å². The van der Waals surface area contributed by atoms with Crippen molar-refractivity contribution >= 4 is 56.5 Å². The second-order valence-electron chi connectivity index (χ2n) is 6.09. The van der Waals surface area contributed by atoms with Crippen molar-refractivity contribution in [3.8, 4) is 11.5 Å². The number of phenolic OH excluding ortho intramolecular Hbond substituents is 2. The molecule has 29 heavy (non-hydrogen) atoms. The zero-order valence-corrected chi connectivity index (χ0v) is 18.1. The van der Waals surface area contributed by atoms with Crippen LogP contribution in [0.25, 0.3) is 0 Å². The molecule has 0 heterocycles. The lowest BCUT2D eigenvalue weighted by Gasteiger charge is -2.34. The summed E-state index contributed by atoms with van der Waals surface area (Å²) < 4.78 is 34.1. The molecule has 0 saturated heterocycles. The third kappa shape index (κ3) is 3.65. The normalized spacial score (nSPS) is 13.8. The van der Waals surface area contributed by atoms with Crippen LogP contribution in [0.5, 0.6) is 11.5 Å². The van der Waals surface area contributed by atoms with Crippen LogP contribution in [-0.2, 0) is 14.9 Å². The second kappa shape index (κ2) is 7.87. The summed E-state index contributed by atoms with van der Waals surface area (Å²) in [6.07, 6.45) is 0. The van der Waals surface area contributed by atoms with Gasteiger partial charge in [-0.2, -0.15) is 8.42 Å². The van der Waals surface area contributed by atoms with Gasteiger partial charge in [0.2, 0.25) is 0 Å². The molecule has 0 aromatic heterocycles. The van der Waals surface area contributed by atoms with Gasteiger partial charge in [-0.1, -0.05) is 70.7 Å². The van der Waals surface area contributed by atoms with E-state index in [9.17, 15) is 23.2 Å². The summed E-state index contributed by atoms with van der Waals surface area (Å²) in [6, 6.07) is 11.4. The highest BCUT2D eigenvalue weighted by molar-refractivity contribution is 7.87. The molecule has 152 valence electrons. The average Bonchev–Trinajstić information content (AvgIpc) is 2.60. The van der Waals surface area contributed by atoms with Crippen molar-refractivity contribution in [3.63, 3.8) is 0 Å². The Balaban J connectivity index is 2.63. The zero-order chi connectivity index (χ0) is 21.6. The van der Waals surface area contributed by atoms with Crippen LogP contribution >= 0.6 is 46.4 Å². The van der Waals surface area contributed by atoms with E-state index in [-0.39, 0.29) is 42.5 Å². The van der Waals surface area contributed by atoms with Crippen molar-refractivity contribution in [1.82, 2.24) is 0 Å². The van der Waals surface area contributed by atoms with E-state index < -0.39 is 20.6 Å². The van der Waals surface area contributed by atoms with E-state index in [2.05, 4.69) is 0 Å². The first-order valence-electron chi connectivity index (χ1n) is 7.89. The number of hydrogen-bond donors (Lipinski definition) is 3. The van der Waals surface area contributed by atoms with Gasteiger partial charge in [0.15, 0.2) is 4.75 Å². The Kier molecular flexibility index (Phi) is 5.98. The highest BCUT2D eigenvalue weighted by atomic mass is 35.5. The van der Waals surface area contributed by atoms with Gasteiger partial charge in [-0.05, 0) is 35.9 Å². The Bertz CT molecular complexity index is 1170. The fraction of sp³-hybridized carbons (Fsp3) is 0.0526. The molecule has 3 N–H and O–H groups in total. The molecule has 0 fully saturated rings. The average molecular weight is 494 g/mol. The summed E-state index contributed by atoms with van der Waals surface area (Å²) in [5, 5.41) is 19.3. The number of benzene rings is 3. The highest BCUT2D eigenvalue weighted by Gasteiger charge is 2.52. The minimum absolute atomic E-state index is 0.0311. The van der Waals surface area contributed by atoms with Gasteiger partial charge in [-0.15, -0.1) is 0 Å². The SMILES string of the molecule is O=S(=O)(O)C(c1ccc(O)cc1)(c1cccc(O)c1Cl)c1c(Cl)cc(Cl)cc1Cl. The first-order valence-corrected chi connectivity index (χ1v) is 10.8. The van der Waals surface area contributed by atoms with E-state index >= 15 is 0 Å². The molecule has 1 unspecified atom stereocenters. The summed E-state index contributed by atoms with van der Waals surface area (Å²) >= 11 is 24.9. The van der Waals surface area contributed by atoms with Gasteiger partial charge in [0, 0.05) is 26.2 Å². The Labute approximate surface area is 186 Å². The van der Waals surface area contributed by atoms with E-state index in [4.69, 9.17) is 46.4 Å². The van der Waals surface area contributed by atoms with E-state index in [0.29, 0.717) is 0 Å². The van der Waals surface area contributed by atoms with Gasteiger partial charge in [0.25, 0.3) is 10.1 Å². The topological polar surface area (TPSA) is 94.8 Å².